The summed E-state index contributed by atoms with van der Waals surface area (Å²) in [6.45, 7) is 0. The molecule has 1 aliphatic carbocycles. The van der Waals surface area contributed by atoms with Crippen molar-refractivity contribution in [2.24, 2.45) is 0 Å². The second kappa shape index (κ2) is 6.87. The van der Waals surface area contributed by atoms with E-state index in [2.05, 4.69) is 23.3 Å². The Morgan fingerprint density at radius 2 is 1.76 bits per heavy atom. The van der Waals surface area contributed by atoms with Crippen molar-refractivity contribution < 1.29 is 9.90 Å². The lowest BCUT2D eigenvalue weighted by Crippen LogP contribution is -2.49. The maximum atomic E-state index is 12.9. The van der Waals surface area contributed by atoms with Crippen molar-refractivity contribution in [2.75, 3.05) is 17.3 Å². The zero-order chi connectivity index (χ0) is 17.4. The number of anilines is 2. The van der Waals surface area contributed by atoms with Crippen LogP contribution in [0.1, 0.15) is 51.4 Å². The number of carbonyl (C=O) groups is 1. The average molecular weight is 343 g/mol. The van der Waals surface area contributed by atoms with Gasteiger partial charge in [0.2, 0.25) is 0 Å². The molecule has 2 atom stereocenters. The molecule has 5 heteroatoms. The number of hydrogen-bond donors (Lipinski definition) is 2. The molecule has 0 radical (unpaired) electrons. The quantitative estimate of drug-likeness (QED) is 0.882. The second-order valence-corrected chi connectivity index (χ2v) is 7.91. The van der Waals surface area contributed by atoms with Crippen molar-refractivity contribution in [2.45, 2.75) is 75.6 Å². The van der Waals surface area contributed by atoms with Crippen molar-refractivity contribution >= 4 is 17.4 Å². The van der Waals surface area contributed by atoms with Crippen molar-refractivity contribution in [1.82, 2.24) is 4.90 Å². The third-order valence-electron chi connectivity index (χ3n) is 6.34. The summed E-state index contributed by atoms with van der Waals surface area (Å²) in [5.74, 6) is 0. The number of urea groups is 1. The summed E-state index contributed by atoms with van der Waals surface area (Å²) in [7, 11) is 2.14. The maximum absolute atomic E-state index is 12.9. The standard InChI is InChI=1S/C20H29N3O2/c1-22(14-6-2-3-7-14)19-9-5-4-8-18(19)21-20(25)23-15-10-11-16(23)13-17(24)12-15/h4-5,8-9,14-17,24H,2-3,6-7,10-13H2,1H3,(H,21,25). The van der Waals surface area contributed by atoms with Gasteiger partial charge < -0.3 is 20.2 Å². The highest BCUT2D eigenvalue weighted by Crippen LogP contribution is 2.37. The number of amides is 2. The summed E-state index contributed by atoms with van der Waals surface area (Å²) in [5.41, 5.74) is 2.00. The SMILES string of the molecule is CN(c1ccccc1NC(=O)N1C2CCC1CC(O)C2)C1CCCC1. The van der Waals surface area contributed by atoms with E-state index in [0.717, 1.165) is 24.2 Å². The number of para-hydroxylation sites is 2. The number of aliphatic hydroxyl groups excluding tert-OH is 1. The first kappa shape index (κ1) is 16.7. The number of nitrogens with one attached hydrogen (secondary N) is 1. The summed E-state index contributed by atoms with van der Waals surface area (Å²) in [4.78, 5) is 17.3. The van der Waals surface area contributed by atoms with E-state index in [1.165, 1.54) is 25.7 Å². The van der Waals surface area contributed by atoms with E-state index in [9.17, 15) is 9.90 Å². The summed E-state index contributed by atoms with van der Waals surface area (Å²) in [5, 5.41) is 13.1. The number of hydrogen-bond acceptors (Lipinski definition) is 3. The molecular formula is C20H29N3O2. The Hall–Kier alpha value is -1.75. The Kier molecular flexibility index (Phi) is 4.59. The van der Waals surface area contributed by atoms with E-state index in [-0.39, 0.29) is 24.2 Å². The highest BCUT2D eigenvalue weighted by Gasteiger charge is 2.42. The Morgan fingerprint density at radius 3 is 2.44 bits per heavy atom. The maximum Gasteiger partial charge on any atom is 0.322 e. The van der Waals surface area contributed by atoms with Crippen LogP contribution in [0.5, 0.6) is 0 Å². The van der Waals surface area contributed by atoms with Crippen molar-refractivity contribution in [3.8, 4) is 0 Å². The topological polar surface area (TPSA) is 55.8 Å². The summed E-state index contributed by atoms with van der Waals surface area (Å²) >= 11 is 0. The largest absolute Gasteiger partial charge is 0.393 e. The molecule has 1 aromatic rings. The lowest BCUT2D eigenvalue weighted by atomic mass is 10.0. The van der Waals surface area contributed by atoms with E-state index in [4.69, 9.17) is 0 Å². The van der Waals surface area contributed by atoms with Crippen LogP contribution in [0.3, 0.4) is 0 Å². The molecule has 2 heterocycles. The van der Waals surface area contributed by atoms with E-state index in [0.29, 0.717) is 18.9 Å². The van der Waals surface area contributed by atoms with Crippen molar-refractivity contribution in [3.63, 3.8) is 0 Å². The van der Waals surface area contributed by atoms with E-state index in [1.807, 2.05) is 23.1 Å². The molecule has 0 aromatic heterocycles. The smallest absolute Gasteiger partial charge is 0.322 e. The number of nitrogens with zero attached hydrogens (tertiary/aromatic N) is 2. The number of rotatable bonds is 3. The van der Waals surface area contributed by atoms with Crippen LogP contribution in [0.25, 0.3) is 0 Å². The van der Waals surface area contributed by atoms with E-state index >= 15 is 0 Å². The lowest BCUT2D eigenvalue weighted by Gasteiger charge is -2.37. The average Bonchev–Trinajstić information content (AvgIpc) is 3.22. The van der Waals surface area contributed by atoms with Crippen LogP contribution >= 0.6 is 0 Å². The van der Waals surface area contributed by atoms with Crippen LogP contribution in [0.4, 0.5) is 16.2 Å². The van der Waals surface area contributed by atoms with Gasteiger partial charge in [0.15, 0.2) is 0 Å². The van der Waals surface area contributed by atoms with Crippen LogP contribution in [0.15, 0.2) is 24.3 Å². The normalized spacial score (nSPS) is 29.0. The predicted octanol–water partition coefficient (Wildman–Crippen LogP) is 3.59. The van der Waals surface area contributed by atoms with E-state index < -0.39 is 0 Å². The fraction of sp³-hybridized carbons (Fsp3) is 0.650. The van der Waals surface area contributed by atoms with Gasteiger partial charge in [-0.3, -0.25) is 0 Å². The molecule has 1 aromatic carbocycles. The van der Waals surface area contributed by atoms with Gasteiger partial charge in [0.05, 0.1) is 17.5 Å². The molecule has 5 nitrogen and oxygen atoms in total. The number of fused-ring (bicyclic) bond motifs is 2. The molecule has 0 spiro atoms. The molecular weight excluding hydrogens is 314 g/mol. The first-order valence-corrected chi connectivity index (χ1v) is 9.72. The molecule has 2 amide bonds. The lowest BCUT2D eigenvalue weighted by molar-refractivity contribution is 0.0580. The first-order valence-electron chi connectivity index (χ1n) is 9.72. The molecule has 2 unspecified atom stereocenters. The number of piperidine rings is 1. The van der Waals surface area contributed by atoms with Gasteiger partial charge in [-0.25, -0.2) is 4.79 Å². The minimum Gasteiger partial charge on any atom is -0.393 e. The second-order valence-electron chi connectivity index (χ2n) is 7.91. The molecule has 1 saturated carbocycles. The fourth-order valence-corrected chi connectivity index (χ4v) is 5.03. The van der Waals surface area contributed by atoms with Gasteiger partial charge in [-0.15, -0.1) is 0 Å². The number of carbonyl (C=O) groups excluding carboxylic acids is 1. The van der Waals surface area contributed by atoms with Crippen LogP contribution in [0.2, 0.25) is 0 Å². The minimum absolute atomic E-state index is 0.00771. The number of aliphatic hydroxyl groups is 1. The Bertz CT molecular complexity index is 615. The molecule has 2 saturated heterocycles. The zero-order valence-corrected chi connectivity index (χ0v) is 15.0. The summed E-state index contributed by atoms with van der Waals surface area (Å²) in [6, 6.07) is 9.06. The minimum atomic E-state index is -0.248. The van der Waals surface area contributed by atoms with E-state index in [1.54, 1.807) is 0 Å². The van der Waals surface area contributed by atoms with Crippen LogP contribution in [-0.2, 0) is 0 Å². The Labute approximate surface area is 150 Å². The fourth-order valence-electron chi connectivity index (χ4n) is 5.03. The Balaban J connectivity index is 1.50. The van der Waals surface area contributed by atoms with Gasteiger partial charge in [-0.2, -0.15) is 0 Å². The van der Waals surface area contributed by atoms with Gasteiger partial charge >= 0.3 is 6.03 Å². The predicted molar refractivity (Wildman–Crippen MR) is 100 cm³/mol. The molecule has 136 valence electrons. The van der Waals surface area contributed by atoms with Crippen LogP contribution in [0, 0.1) is 0 Å². The van der Waals surface area contributed by atoms with Crippen LogP contribution in [-0.4, -0.2) is 47.3 Å². The van der Waals surface area contributed by atoms with Crippen molar-refractivity contribution in [3.05, 3.63) is 24.3 Å². The molecule has 3 fully saturated rings. The molecule has 2 aliphatic heterocycles. The monoisotopic (exact) mass is 343 g/mol. The molecule has 3 aliphatic rings. The van der Waals surface area contributed by atoms with Gasteiger partial charge in [0.1, 0.15) is 0 Å². The number of benzene rings is 1. The van der Waals surface area contributed by atoms with Crippen molar-refractivity contribution in [1.29, 1.82) is 0 Å². The molecule has 2 N–H and O–H groups in total. The Morgan fingerprint density at radius 1 is 1.12 bits per heavy atom. The zero-order valence-electron chi connectivity index (χ0n) is 15.0. The third-order valence-corrected chi connectivity index (χ3v) is 6.34. The summed E-state index contributed by atoms with van der Waals surface area (Å²) in [6.07, 6.45) is 8.26. The molecule has 25 heavy (non-hydrogen) atoms. The highest BCUT2D eigenvalue weighted by molar-refractivity contribution is 5.93. The third kappa shape index (κ3) is 3.22. The summed E-state index contributed by atoms with van der Waals surface area (Å²) < 4.78 is 0. The molecule has 2 bridgehead atoms. The van der Waals surface area contributed by atoms with Gasteiger partial charge in [-0.05, 0) is 50.7 Å². The van der Waals surface area contributed by atoms with Crippen LogP contribution < -0.4 is 10.2 Å². The van der Waals surface area contributed by atoms with Gasteiger partial charge in [-0.1, -0.05) is 25.0 Å². The first-order chi connectivity index (χ1) is 12.1. The van der Waals surface area contributed by atoms with Gasteiger partial charge in [0, 0.05) is 25.2 Å². The van der Waals surface area contributed by atoms with Gasteiger partial charge in [0.25, 0.3) is 0 Å². The highest BCUT2D eigenvalue weighted by atomic mass is 16.3. The molecule has 4 rings (SSSR count).